The fourth-order valence-electron chi connectivity index (χ4n) is 4.53. The molecule has 0 radical (unpaired) electrons. The van der Waals surface area contributed by atoms with Crippen molar-refractivity contribution in [2.45, 2.75) is 38.1 Å². The molecular weight excluding hydrogens is 423 g/mol. The van der Waals surface area contributed by atoms with E-state index in [2.05, 4.69) is 16.1 Å². The van der Waals surface area contributed by atoms with Crippen LogP contribution < -0.4 is 10.0 Å². The van der Waals surface area contributed by atoms with Crippen molar-refractivity contribution < 1.29 is 12.8 Å². The van der Waals surface area contributed by atoms with E-state index in [0.29, 0.717) is 16.5 Å². The van der Waals surface area contributed by atoms with Gasteiger partial charge in [0.05, 0.1) is 5.75 Å². The first-order chi connectivity index (χ1) is 14.3. The number of rotatable bonds is 9. The third kappa shape index (κ3) is 5.22. The summed E-state index contributed by atoms with van der Waals surface area (Å²) in [5, 5.41) is 3.97. The van der Waals surface area contributed by atoms with Crippen molar-refractivity contribution in [2.24, 2.45) is 11.8 Å². The number of hydrogen-bond donors (Lipinski definition) is 2. The standard InChI is InChI=1S/C23H28ClFN2O2S/c1-26-12-18-9-17-11-23(25)19(13-27-30(28,29)14-15-5-6-15)10-22(17)21(18)8-16-3-2-4-20(24)7-16/h2-4,7,10-11,15,18,21,26-27H,5-6,8-9,12-14H2,1H3. The molecule has 0 saturated heterocycles. The first kappa shape index (κ1) is 21.8. The Morgan fingerprint density at radius 2 is 2.00 bits per heavy atom. The van der Waals surface area contributed by atoms with Gasteiger partial charge >= 0.3 is 0 Å². The average Bonchev–Trinajstić information content (AvgIpc) is 3.43. The molecule has 1 saturated carbocycles. The lowest BCUT2D eigenvalue weighted by Crippen LogP contribution is -2.27. The van der Waals surface area contributed by atoms with Gasteiger partial charge in [0, 0.05) is 17.1 Å². The van der Waals surface area contributed by atoms with Crippen LogP contribution in [0.4, 0.5) is 4.39 Å². The van der Waals surface area contributed by atoms with Gasteiger partial charge in [-0.05, 0) is 91.9 Å². The minimum atomic E-state index is -3.37. The van der Waals surface area contributed by atoms with E-state index in [4.69, 9.17) is 11.6 Å². The van der Waals surface area contributed by atoms with Gasteiger partial charge in [0.15, 0.2) is 0 Å². The molecule has 2 N–H and O–H groups in total. The molecule has 0 amide bonds. The van der Waals surface area contributed by atoms with Crippen LogP contribution >= 0.6 is 11.6 Å². The normalized spacial score (nSPS) is 21.0. The second-order valence-electron chi connectivity index (χ2n) is 8.65. The van der Waals surface area contributed by atoms with E-state index in [-0.39, 0.29) is 30.0 Å². The highest BCUT2D eigenvalue weighted by Gasteiger charge is 2.33. The van der Waals surface area contributed by atoms with Gasteiger partial charge in [-0.2, -0.15) is 0 Å². The molecule has 7 heteroatoms. The largest absolute Gasteiger partial charge is 0.319 e. The number of halogens is 2. The Balaban J connectivity index is 1.57. The van der Waals surface area contributed by atoms with E-state index >= 15 is 0 Å². The second kappa shape index (κ2) is 8.95. The molecule has 4 nitrogen and oxygen atoms in total. The molecule has 30 heavy (non-hydrogen) atoms. The minimum absolute atomic E-state index is 0.00521. The van der Waals surface area contributed by atoms with Gasteiger partial charge in [-0.1, -0.05) is 29.8 Å². The van der Waals surface area contributed by atoms with Crippen molar-refractivity contribution in [3.63, 3.8) is 0 Å². The van der Waals surface area contributed by atoms with Gasteiger partial charge in [-0.3, -0.25) is 0 Å². The van der Waals surface area contributed by atoms with Crippen LogP contribution in [-0.4, -0.2) is 27.8 Å². The van der Waals surface area contributed by atoms with Crippen molar-refractivity contribution in [3.8, 4) is 0 Å². The molecule has 2 unspecified atom stereocenters. The minimum Gasteiger partial charge on any atom is -0.319 e. The Morgan fingerprint density at radius 3 is 2.70 bits per heavy atom. The molecule has 0 aliphatic heterocycles. The summed E-state index contributed by atoms with van der Waals surface area (Å²) in [7, 11) is -1.44. The molecule has 162 valence electrons. The van der Waals surface area contributed by atoms with Crippen LogP contribution in [0.15, 0.2) is 36.4 Å². The zero-order chi connectivity index (χ0) is 21.3. The molecule has 1 fully saturated rings. The highest BCUT2D eigenvalue weighted by Crippen LogP contribution is 2.41. The van der Waals surface area contributed by atoms with Crippen LogP contribution in [0.25, 0.3) is 0 Å². The number of benzene rings is 2. The summed E-state index contributed by atoms with van der Waals surface area (Å²) in [5.74, 6) is 0.644. The third-order valence-corrected chi connectivity index (χ3v) is 7.93. The van der Waals surface area contributed by atoms with Gasteiger partial charge in [0.2, 0.25) is 10.0 Å². The van der Waals surface area contributed by atoms with E-state index < -0.39 is 10.0 Å². The van der Waals surface area contributed by atoms with Crippen molar-refractivity contribution in [1.82, 2.24) is 10.0 Å². The number of hydrogen-bond acceptors (Lipinski definition) is 3. The summed E-state index contributed by atoms with van der Waals surface area (Å²) in [4.78, 5) is 0. The smallest absolute Gasteiger partial charge is 0.212 e. The van der Waals surface area contributed by atoms with Gasteiger partial charge < -0.3 is 5.32 Å². The topological polar surface area (TPSA) is 58.2 Å². The first-order valence-corrected chi connectivity index (χ1v) is 12.5. The van der Waals surface area contributed by atoms with E-state index in [0.717, 1.165) is 48.9 Å². The van der Waals surface area contributed by atoms with Crippen LogP contribution in [-0.2, 0) is 29.4 Å². The zero-order valence-electron chi connectivity index (χ0n) is 17.1. The summed E-state index contributed by atoms with van der Waals surface area (Å²) in [5.41, 5.74) is 3.70. The number of fused-ring (bicyclic) bond motifs is 1. The van der Waals surface area contributed by atoms with Crippen molar-refractivity contribution >= 4 is 21.6 Å². The first-order valence-electron chi connectivity index (χ1n) is 10.5. The lowest BCUT2D eigenvalue weighted by molar-refractivity contribution is 0.436. The highest BCUT2D eigenvalue weighted by atomic mass is 35.5. The highest BCUT2D eigenvalue weighted by molar-refractivity contribution is 7.89. The van der Waals surface area contributed by atoms with E-state index in [9.17, 15) is 12.8 Å². The molecule has 4 rings (SSSR count). The molecule has 2 atom stereocenters. The predicted molar refractivity (Wildman–Crippen MR) is 119 cm³/mol. The van der Waals surface area contributed by atoms with Gasteiger partial charge in [-0.25, -0.2) is 17.5 Å². The molecule has 2 aliphatic carbocycles. The van der Waals surface area contributed by atoms with E-state index in [1.807, 2.05) is 31.3 Å². The molecule has 2 aromatic rings. The summed E-state index contributed by atoms with van der Waals surface area (Å²) < 4.78 is 41.8. The third-order valence-electron chi connectivity index (χ3n) is 6.20. The molecule has 0 bridgehead atoms. The summed E-state index contributed by atoms with van der Waals surface area (Å²) in [6.07, 6.45) is 3.56. The van der Waals surface area contributed by atoms with Gasteiger partial charge in [0.25, 0.3) is 0 Å². The summed E-state index contributed by atoms with van der Waals surface area (Å²) >= 11 is 6.17. The fourth-order valence-corrected chi connectivity index (χ4v) is 6.19. The molecule has 2 aliphatic rings. The van der Waals surface area contributed by atoms with Crippen LogP contribution in [0.5, 0.6) is 0 Å². The summed E-state index contributed by atoms with van der Waals surface area (Å²) in [6.45, 7) is 0.833. The number of nitrogens with one attached hydrogen (secondary N) is 2. The Labute approximate surface area is 183 Å². The van der Waals surface area contributed by atoms with Crippen molar-refractivity contribution in [1.29, 1.82) is 0 Å². The van der Waals surface area contributed by atoms with E-state index in [1.54, 1.807) is 6.07 Å². The monoisotopic (exact) mass is 450 g/mol. The molecule has 0 aromatic heterocycles. The second-order valence-corrected chi connectivity index (χ2v) is 10.9. The molecule has 2 aromatic carbocycles. The van der Waals surface area contributed by atoms with Crippen LogP contribution in [0.1, 0.15) is 41.0 Å². The zero-order valence-corrected chi connectivity index (χ0v) is 18.7. The quantitative estimate of drug-likeness (QED) is 0.606. The maximum atomic E-state index is 14.7. The maximum absolute atomic E-state index is 14.7. The molecule has 0 spiro atoms. The fraction of sp³-hybridized carbons (Fsp3) is 0.478. The van der Waals surface area contributed by atoms with Crippen molar-refractivity contribution in [2.75, 3.05) is 19.3 Å². The summed E-state index contributed by atoms with van der Waals surface area (Å²) in [6, 6.07) is 11.3. The Bertz CT molecular complexity index is 1020. The van der Waals surface area contributed by atoms with Crippen LogP contribution in [0, 0.1) is 17.7 Å². The molecular formula is C23H28ClFN2O2S. The lowest BCUT2D eigenvalue weighted by Gasteiger charge is -2.21. The van der Waals surface area contributed by atoms with Crippen LogP contribution in [0.3, 0.4) is 0 Å². The van der Waals surface area contributed by atoms with Gasteiger partial charge in [-0.15, -0.1) is 0 Å². The average molecular weight is 451 g/mol. The molecule has 0 heterocycles. The SMILES string of the molecule is CNCC1Cc2cc(F)c(CNS(=O)(=O)CC3CC3)cc2C1Cc1cccc(Cl)c1. The Kier molecular flexibility index (Phi) is 6.49. The van der Waals surface area contributed by atoms with E-state index in [1.165, 1.54) is 0 Å². The maximum Gasteiger partial charge on any atom is 0.212 e. The number of sulfonamides is 1. The van der Waals surface area contributed by atoms with Crippen molar-refractivity contribution in [3.05, 3.63) is 69.5 Å². The predicted octanol–water partition coefficient (Wildman–Crippen LogP) is 4.03. The lowest BCUT2D eigenvalue weighted by atomic mass is 9.86. The van der Waals surface area contributed by atoms with Gasteiger partial charge in [0.1, 0.15) is 5.82 Å². The van der Waals surface area contributed by atoms with Crippen LogP contribution in [0.2, 0.25) is 5.02 Å². The Morgan fingerprint density at radius 1 is 1.20 bits per heavy atom. The Hall–Kier alpha value is -1.47.